The van der Waals surface area contributed by atoms with Crippen LogP contribution in [0.3, 0.4) is 0 Å². The maximum absolute atomic E-state index is 8.74. The van der Waals surface area contributed by atoms with Gasteiger partial charge in [-0.2, -0.15) is 8.42 Å². The monoisotopic (exact) mass is 276 g/mol. The van der Waals surface area contributed by atoms with E-state index in [4.69, 9.17) is 35.0 Å². The summed E-state index contributed by atoms with van der Waals surface area (Å²) < 4.78 is 65.7. The van der Waals surface area contributed by atoms with E-state index in [0.717, 1.165) is 0 Å². The van der Waals surface area contributed by atoms with Gasteiger partial charge in [-0.3, -0.25) is 17.5 Å². The molecule has 0 aromatic heterocycles. The molecule has 0 radical (unpaired) electrons. The molecule has 0 spiro atoms. The van der Waals surface area contributed by atoms with Gasteiger partial charge in [0.2, 0.25) is 0 Å². The van der Waals surface area contributed by atoms with Crippen molar-refractivity contribution >= 4 is 20.8 Å². The maximum Gasteiger partial charge on any atom is 2.00 e. The topological polar surface area (TPSA) is 186 Å². The molecule has 0 aromatic rings. The molecule has 0 heterocycles. The summed E-state index contributed by atoms with van der Waals surface area (Å²) in [4.78, 5) is 0. The molecule has 72 valence electrons. The van der Waals surface area contributed by atoms with Crippen LogP contribution in [0.2, 0.25) is 0 Å². The van der Waals surface area contributed by atoms with Crippen LogP contribution >= 0.6 is 0 Å². The van der Waals surface area contributed by atoms with E-state index in [-0.39, 0.29) is 25.0 Å². The van der Waals surface area contributed by atoms with Crippen molar-refractivity contribution in [3.63, 3.8) is 0 Å². The zero-order valence-corrected chi connectivity index (χ0v) is 9.97. The third-order valence-electron chi connectivity index (χ3n) is 0. The van der Waals surface area contributed by atoms with Crippen molar-refractivity contribution < 1.29 is 60.0 Å². The van der Waals surface area contributed by atoms with E-state index >= 15 is 0 Å². The fourth-order valence-corrected chi connectivity index (χ4v) is 0. The molecule has 12 heteroatoms. The molecule has 12 heavy (non-hydrogen) atoms. The molecule has 0 rings (SSSR count). The van der Waals surface area contributed by atoms with Gasteiger partial charge in [-0.25, -0.2) is 0 Å². The SMILES string of the molecule is O.O=S(=O)(O)O.O=S(=O)([O-])[O-].[Zn+2]. The molecule has 0 atom stereocenters. The Balaban J connectivity index is -0.0000000457. The van der Waals surface area contributed by atoms with E-state index in [1.807, 2.05) is 0 Å². The van der Waals surface area contributed by atoms with Crippen LogP contribution in [-0.2, 0) is 40.3 Å². The summed E-state index contributed by atoms with van der Waals surface area (Å²) in [7, 11) is -9.83. The van der Waals surface area contributed by atoms with Gasteiger partial charge in [0.15, 0.2) is 0 Å². The summed E-state index contributed by atoms with van der Waals surface area (Å²) in [5.74, 6) is 0. The number of hydrogen-bond donors (Lipinski definition) is 2. The quantitative estimate of drug-likeness (QED) is 0.269. The molecule has 0 unspecified atom stereocenters. The first-order valence-electron chi connectivity index (χ1n) is 1.37. The van der Waals surface area contributed by atoms with Crippen molar-refractivity contribution in [2.24, 2.45) is 0 Å². The number of rotatable bonds is 0. The van der Waals surface area contributed by atoms with Crippen molar-refractivity contribution in [1.82, 2.24) is 0 Å². The third-order valence-corrected chi connectivity index (χ3v) is 0. The van der Waals surface area contributed by atoms with Gasteiger partial charge in [0.05, 0.1) is 0 Å². The average Bonchev–Trinajstić information content (AvgIpc) is 1.12. The summed E-state index contributed by atoms with van der Waals surface area (Å²) in [6, 6.07) is 0. The molecule has 0 fully saturated rings. The van der Waals surface area contributed by atoms with Crippen molar-refractivity contribution in [1.29, 1.82) is 0 Å². The molecular weight excluding hydrogens is 274 g/mol. The molecule has 0 saturated heterocycles. The Morgan fingerprint density at radius 1 is 0.917 bits per heavy atom. The van der Waals surface area contributed by atoms with E-state index in [0.29, 0.717) is 0 Å². The largest absolute Gasteiger partial charge is 2.00 e. The fourth-order valence-electron chi connectivity index (χ4n) is 0. The second-order valence-corrected chi connectivity index (χ2v) is 2.57. The maximum atomic E-state index is 8.74. The summed E-state index contributed by atoms with van der Waals surface area (Å²) >= 11 is 0. The Morgan fingerprint density at radius 2 is 0.917 bits per heavy atom. The summed E-state index contributed by atoms with van der Waals surface area (Å²) in [6.07, 6.45) is 0. The van der Waals surface area contributed by atoms with Crippen LogP contribution in [0, 0.1) is 0 Å². The Hall–Kier alpha value is 0.323. The van der Waals surface area contributed by atoms with Gasteiger partial charge in [-0.15, -0.1) is 0 Å². The smallest absolute Gasteiger partial charge is 0.759 e. The Kier molecular flexibility index (Phi) is 15.1. The normalized spacial score (nSPS) is 9.67. The second kappa shape index (κ2) is 7.95. The van der Waals surface area contributed by atoms with Crippen molar-refractivity contribution in [2.75, 3.05) is 0 Å². The average molecular weight is 278 g/mol. The molecule has 9 nitrogen and oxygen atoms in total. The van der Waals surface area contributed by atoms with Crippen molar-refractivity contribution in [3.05, 3.63) is 0 Å². The summed E-state index contributed by atoms with van der Waals surface area (Å²) in [5, 5.41) is 0. The molecule has 0 aliphatic heterocycles. The van der Waals surface area contributed by atoms with E-state index in [1.54, 1.807) is 0 Å². The summed E-state index contributed by atoms with van der Waals surface area (Å²) in [6.45, 7) is 0. The first-order valence-corrected chi connectivity index (χ1v) is 4.10. The fraction of sp³-hybridized carbons (Fsp3) is 0. The van der Waals surface area contributed by atoms with E-state index in [1.165, 1.54) is 0 Å². The van der Waals surface area contributed by atoms with E-state index in [2.05, 4.69) is 0 Å². The molecule has 0 aliphatic rings. The van der Waals surface area contributed by atoms with Crippen LogP contribution in [0.1, 0.15) is 0 Å². The van der Waals surface area contributed by atoms with Gasteiger partial charge in [0, 0.05) is 10.4 Å². The number of hydrogen-bond acceptors (Lipinski definition) is 6. The second-order valence-electron chi connectivity index (χ2n) is 0.856. The molecule has 4 N–H and O–H groups in total. The first kappa shape index (κ1) is 22.8. The van der Waals surface area contributed by atoms with Crippen LogP contribution in [0.15, 0.2) is 0 Å². The standard InChI is InChI=1S/2H2O4S.H2O.Zn/c2*1-5(2,3)4;;/h2*(H2,1,2,3,4);1H2;/q;;;+2/p-2. The van der Waals surface area contributed by atoms with Gasteiger partial charge in [-0.1, -0.05) is 0 Å². The minimum absolute atomic E-state index is 0. The molecule has 0 aliphatic carbocycles. The molecular formula is H4O9S2Zn. The third kappa shape index (κ3) is 8580. The summed E-state index contributed by atoms with van der Waals surface area (Å²) in [5.41, 5.74) is 0. The Labute approximate surface area is 81.0 Å². The van der Waals surface area contributed by atoms with E-state index in [9.17, 15) is 0 Å². The Bertz CT molecular complexity index is 209. The Morgan fingerprint density at radius 3 is 0.917 bits per heavy atom. The van der Waals surface area contributed by atoms with Gasteiger partial charge in [0.1, 0.15) is 0 Å². The van der Waals surface area contributed by atoms with Crippen LogP contribution in [-0.4, -0.2) is 40.5 Å². The predicted molar refractivity (Wildman–Crippen MR) is 28.3 cm³/mol. The van der Waals surface area contributed by atoms with Crippen molar-refractivity contribution in [2.45, 2.75) is 0 Å². The zero-order valence-electron chi connectivity index (χ0n) is 5.37. The van der Waals surface area contributed by atoms with Crippen LogP contribution in [0.25, 0.3) is 0 Å². The minimum Gasteiger partial charge on any atom is -0.759 e. The van der Waals surface area contributed by atoms with Crippen LogP contribution < -0.4 is 0 Å². The zero-order chi connectivity index (χ0) is 9.00. The predicted octanol–water partition coefficient (Wildman–Crippen LogP) is -2.82. The molecule has 0 bridgehead atoms. The molecule has 0 aromatic carbocycles. The van der Waals surface area contributed by atoms with Gasteiger partial charge < -0.3 is 14.6 Å². The molecule has 0 amide bonds. The van der Waals surface area contributed by atoms with Crippen molar-refractivity contribution in [3.8, 4) is 0 Å². The van der Waals surface area contributed by atoms with Gasteiger partial charge >= 0.3 is 29.9 Å². The van der Waals surface area contributed by atoms with E-state index < -0.39 is 20.8 Å². The minimum atomic E-state index is -5.17. The van der Waals surface area contributed by atoms with Crippen LogP contribution in [0.4, 0.5) is 0 Å². The first-order chi connectivity index (χ1) is 4.00. The van der Waals surface area contributed by atoms with Gasteiger partial charge in [-0.05, 0) is 0 Å². The van der Waals surface area contributed by atoms with Crippen LogP contribution in [0.5, 0.6) is 0 Å². The molecule has 0 saturated carbocycles. The van der Waals surface area contributed by atoms with Gasteiger partial charge in [0.25, 0.3) is 0 Å².